The van der Waals surface area contributed by atoms with E-state index in [1.54, 1.807) is 24.3 Å². The Morgan fingerprint density at radius 3 is 2.46 bits per heavy atom. The quantitative estimate of drug-likeness (QED) is 0.339. The molecule has 7 heteroatoms. The van der Waals surface area contributed by atoms with E-state index in [4.69, 9.17) is 21.1 Å². The molecule has 0 fully saturated rings. The Morgan fingerprint density at radius 1 is 1.12 bits per heavy atom. The summed E-state index contributed by atoms with van der Waals surface area (Å²) in [6.45, 7) is 0. The monoisotopic (exact) mass is 347 g/mol. The van der Waals surface area contributed by atoms with Crippen LogP contribution in [0.3, 0.4) is 0 Å². The number of ketones is 1. The highest BCUT2D eigenvalue weighted by Crippen LogP contribution is 2.28. The second-order valence-electron chi connectivity index (χ2n) is 4.74. The number of nitro benzene ring substituents is 1. The van der Waals surface area contributed by atoms with Gasteiger partial charge in [-0.1, -0.05) is 23.7 Å². The molecule has 0 bridgehead atoms. The highest BCUT2D eigenvalue weighted by Gasteiger charge is 2.15. The molecule has 2 aromatic rings. The first-order valence-electron chi connectivity index (χ1n) is 6.84. The van der Waals surface area contributed by atoms with Crippen molar-refractivity contribution in [2.45, 2.75) is 0 Å². The molecule has 0 spiro atoms. The van der Waals surface area contributed by atoms with Crippen molar-refractivity contribution in [2.24, 2.45) is 0 Å². The molecular formula is C17H14ClNO5. The smallest absolute Gasteiger partial charge is 0.288 e. The minimum atomic E-state index is -0.628. The molecule has 0 N–H and O–H groups in total. The van der Waals surface area contributed by atoms with Crippen molar-refractivity contribution in [1.29, 1.82) is 0 Å². The predicted octanol–water partition coefficient (Wildman–Crippen LogP) is 4.16. The maximum atomic E-state index is 12.2. The number of allylic oxidation sites excluding steroid dienone is 1. The van der Waals surface area contributed by atoms with Crippen LogP contribution in [0.4, 0.5) is 5.69 Å². The summed E-state index contributed by atoms with van der Waals surface area (Å²) in [5.41, 5.74) is 0.606. The second-order valence-corrected chi connectivity index (χ2v) is 5.14. The molecule has 0 saturated carbocycles. The molecular weight excluding hydrogens is 334 g/mol. The van der Waals surface area contributed by atoms with E-state index in [2.05, 4.69) is 0 Å². The van der Waals surface area contributed by atoms with Gasteiger partial charge in [0.2, 0.25) is 0 Å². The molecule has 0 saturated heterocycles. The molecule has 0 amide bonds. The van der Waals surface area contributed by atoms with E-state index >= 15 is 0 Å². The zero-order valence-corrected chi connectivity index (χ0v) is 13.7. The van der Waals surface area contributed by atoms with Crippen molar-refractivity contribution >= 4 is 29.1 Å². The van der Waals surface area contributed by atoms with E-state index < -0.39 is 4.92 Å². The zero-order chi connectivity index (χ0) is 17.7. The fourth-order valence-electron chi connectivity index (χ4n) is 2.03. The van der Waals surface area contributed by atoms with Gasteiger partial charge in [-0.15, -0.1) is 0 Å². The largest absolute Gasteiger partial charge is 0.493 e. The first-order chi connectivity index (χ1) is 11.5. The highest BCUT2D eigenvalue weighted by atomic mass is 35.5. The van der Waals surface area contributed by atoms with Gasteiger partial charge >= 0.3 is 0 Å². The Kier molecular flexibility index (Phi) is 5.55. The lowest BCUT2D eigenvalue weighted by molar-refractivity contribution is -0.384. The van der Waals surface area contributed by atoms with Crippen LogP contribution in [0.15, 0.2) is 42.5 Å². The third kappa shape index (κ3) is 3.91. The van der Waals surface area contributed by atoms with Crippen molar-refractivity contribution < 1.29 is 19.2 Å². The number of benzene rings is 2. The van der Waals surface area contributed by atoms with Gasteiger partial charge in [0.25, 0.3) is 5.69 Å². The second kappa shape index (κ2) is 7.61. The molecule has 124 valence electrons. The van der Waals surface area contributed by atoms with E-state index in [9.17, 15) is 14.9 Å². The number of ether oxygens (including phenoxy) is 2. The summed E-state index contributed by atoms with van der Waals surface area (Å²) in [7, 11) is 3.05. The van der Waals surface area contributed by atoms with Crippen molar-refractivity contribution in [1.82, 2.24) is 0 Å². The number of methoxy groups -OCH3 is 2. The van der Waals surface area contributed by atoms with Gasteiger partial charge in [-0.2, -0.15) is 0 Å². The average molecular weight is 348 g/mol. The summed E-state index contributed by atoms with van der Waals surface area (Å²) < 4.78 is 10.3. The summed E-state index contributed by atoms with van der Waals surface area (Å²) in [5, 5.41) is 10.9. The molecule has 24 heavy (non-hydrogen) atoms. The van der Waals surface area contributed by atoms with Crippen LogP contribution < -0.4 is 9.47 Å². The Hall–Kier alpha value is -2.86. The summed E-state index contributed by atoms with van der Waals surface area (Å²) in [6, 6.07) is 9.12. The van der Waals surface area contributed by atoms with Gasteiger partial charge in [0.15, 0.2) is 17.3 Å². The van der Waals surface area contributed by atoms with Crippen LogP contribution in [0.5, 0.6) is 11.5 Å². The number of carbonyl (C=O) groups excluding carboxylic acids is 1. The maximum Gasteiger partial charge on any atom is 0.288 e. The number of carbonyl (C=O) groups is 1. The number of halogens is 1. The van der Waals surface area contributed by atoms with Gasteiger partial charge in [0, 0.05) is 11.6 Å². The molecule has 0 heterocycles. The van der Waals surface area contributed by atoms with Crippen LogP contribution in [-0.2, 0) is 0 Å². The Bertz CT molecular complexity index is 817. The molecule has 0 radical (unpaired) electrons. The summed E-state index contributed by atoms with van der Waals surface area (Å²) >= 11 is 5.73. The number of rotatable bonds is 6. The lowest BCUT2D eigenvalue weighted by atomic mass is 10.1. The zero-order valence-electron chi connectivity index (χ0n) is 13.0. The third-order valence-corrected chi connectivity index (χ3v) is 3.58. The normalized spacial score (nSPS) is 10.6. The van der Waals surface area contributed by atoms with E-state index in [1.807, 2.05) is 0 Å². The first kappa shape index (κ1) is 17.5. The van der Waals surface area contributed by atoms with Crippen LogP contribution in [0.1, 0.15) is 15.9 Å². The first-order valence-corrected chi connectivity index (χ1v) is 7.22. The van der Waals surface area contributed by atoms with Crippen LogP contribution in [0.2, 0.25) is 5.02 Å². The molecule has 0 aliphatic heterocycles. The van der Waals surface area contributed by atoms with Crippen LogP contribution in [-0.4, -0.2) is 24.9 Å². The fourth-order valence-corrected chi connectivity index (χ4v) is 2.22. The van der Waals surface area contributed by atoms with E-state index in [-0.39, 0.29) is 22.1 Å². The highest BCUT2D eigenvalue weighted by molar-refractivity contribution is 6.32. The van der Waals surface area contributed by atoms with Gasteiger partial charge in [-0.05, 0) is 35.9 Å². The van der Waals surface area contributed by atoms with Gasteiger partial charge in [-0.3, -0.25) is 14.9 Å². The van der Waals surface area contributed by atoms with Gasteiger partial charge in [-0.25, -0.2) is 0 Å². The molecule has 0 aliphatic rings. The molecule has 0 atom stereocenters. The molecule has 2 aromatic carbocycles. The van der Waals surface area contributed by atoms with Crippen molar-refractivity contribution in [3.63, 3.8) is 0 Å². The number of nitrogens with zero attached hydrogens (tertiary/aromatic N) is 1. The average Bonchev–Trinajstić information content (AvgIpc) is 2.59. The molecule has 6 nitrogen and oxygen atoms in total. The lowest BCUT2D eigenvalue weighted by Crippen LogP contribution is -1.97. The third-order valence-electron chi connectivity index (χ3n) is 3.26. The fraction of sp³-hybridized carbons (Fsp3) is 0.118. The summed E-state index contributed by atoms with van der Waals surface area (Å²) in [6.07, 6.45) is 2.92. The Labute approximate surface area is 143 Å². The lowest BCUT2D eigenvalue weighted by Gasteiger charge is -2.07. The van der Waals surface area contributed by atoms with Gasteiger partial charge in [0.05, 0.1) is 19.1 Å². The molecule has 0 aliphatic carbocycles. The molecule has 0 aromatic heterocycles. The minimum Gasteiger partial charge on any atom is -0.493 e. The molecule has 2 rings (SSSR count). The van der Waals surface area contributed by atoms with Gasteiger partial charge < -0.3 is 9.47 Å². The number of hydrogen-bond acceptors (Lipinski definition) is 5. The van der Waals surface area contributed by atoms with Crippen LogP contribution in [0.25, 0.3) is 6.08 Å². The standard InChI is InChI=1S/C17H14ClNO5/c1-23-16-8-4-11(9-17(16)24-2)3-7-15(20)12-5-6-13(18)14(10-12)19(21)22/h3-10H,1-2H3/b7-3+. The van der Waals surface area contributed by atoms with E-state index in [0.29, 0.717) is 11.5 Å². The topological polar surface area (TPSA) is 78.7 Å². The van der Waals surface area contributed by atoms with E-state index in [0.717, 1.165) is 11.6 Å². The Morgan fingerprint density at radius 2 is 1.83 bits per heavy atom. The van der Waals surface area contributed by atoms with Crippen molar-refractivity contribution in [2.75, 3.05) is 14.2 Å². The minimum absolute atomic E-state index is 0.0135. The van der Waals surface area contributed by atoms with Crippen LogP contribution in [0, 0.1) is 10.1 Å². The maximum absolute atomic E-state index is 12.2. The SMILES string of the molecule is COc1ccc(/C=C/C(=O)c2ccc(Cl)c([N+](=O)[O-])c2)cc1OC. The summed E-state index contributed by atoms with van der Waals surface area (Å²) in [5.74, 6) is 0.744. The predicted molar refractivity (Wildman–Crippen MR) is 91.0 cm³/mol. The van der Waals surface area contributed by atoms with E-state index in [1.165, 1.54) is 32.4 Å². The van der Waals surface area contributed by atoms with Gasteiger partial charge in [0.1, 0.15) is 5.02 Å². The van der Waals surface area contributed by atoms with Crippen molar-refractivity contribution in [3.8, 4) is 11.5 Å². The number of nitro groups is 1. The molecule has 0 unspecified atom stereocenters. The number of hydrogen-bond donors (Lipinski definition) is 0. The summed E-state index contributed by atoms with van der Waals surface area (Å²) in [4.78, 5) is 22.4. The van der Waals surface area contributed by atoms with Crippen LogP contribution >= 0.6 is 11.6 Å². The Balaban J connectivity index is 2.25. The van der Waals surface area contributed by atoms with Crippen molar-refractivity contribution in [3.05, 3.63) is 68.7 Å².